The van der Waals surface area contributed by atoms with E-state index in [1.807, 2.05) is 24.3 Å². The van der Waals surface area contributed by atoms with Gasteiger partial charge in [-0.3, -0.25) is 9.78 Å². The van der Waals surface area contributed by atoms with E-state index in [0.29, 0.717) is 11.8 Å². The molecule has 1 aliphatic rings. The van der Waals surface area contributed by atoms with E-state index in [1.165, 1.54) is 6.20 Å². The van der Waals surface area contributed by atoms with E-state index in [4.69, 9.17) is 11.5 Å². The number of carbonyl (C=O) groups excluding carboxylic acids is 1. The van der Waals surface area contributed by atoms with E-state index < -0.39 is 5.91 Å². The zero-order chi connectivity index (χ0) is 19.5. The largest absolute Gasteiger partial charge is 0.365 e. The minimum absolute atomic E-state index is 0.0672. The number of rotatable bonds is 5. The maximum atomic E-state index is 11.8. The van der Waals surface area contributed by atoms with Crippen LogP contribution in [0.4, 0.5) is 17.5 Å². The van der Waals surface area contributed by atoms with Gasteiger partial charge in [0.25, 0.3) is 5.91 Å². The predicted octanol–water partition coefficient (Wildman–Crippen LogP) is 2.55. The SMILES string of the molecule is NC(=O)c1cnc(N[C@@H]2CCCC[C@@H]2N)nc1Nc1ccc2ccncc2c1. The third kappa shape index (κ3) is 3.86. The van der Waals surface area contributed by atoms with E-state index in [1.54, 1.807) is 12.4 Å². The quantitative estimate of drug-likeness (QED) is 0.537. The topological polar surface area (TPSA) is 132 Å². The molecule has 2 heterocycles. The first-order chi connectivity index (χ1) is 13.6. The molecule has 0 spiro atoms. The van der Waals surface area contributed by atoms with Gasteiger partial charge < -0.3 is 22.1 Å². The first-order valence-corrected chi connectivity index (χ1v) is 9.40. The van der Waals surface area contributed by atoms with E-state index in [9.17, 15) is 4.79 Å². The molecule has 8 nitrogen and oxygen atoms in total. The van der Waals surface area contributed by atoms with Crippen molar-refractivity contribution < 1.29 is 4.79 Å². The van der Waals surface area contributed by atoms with Gasteiger partial charge >= 0.3 is 0 Å². The van der Waals surface area contributed by atoms with Crippen molar-refractivity contribution >= 4 is 34.1 Å². The lowest BCUT2D eigenvalue weighted by Gasteiger charge is -2.29. The van der Waals surface area contributed by atoms with Gasteiger partial charge in [0.1, 0.15) is 11.4 Å². The Hall–Kier alpha value is -3.26. The van der Waals surface area contributed by atoms with Gasteiger partial charge in [0.15, 0.2) is 0 Å². The van der Waals surface area contributed by atoms with Crippen LogP contribution in [0.2, 0.25) is 0 Å². The van der Waals surface area contributed by atoms with Gasteiger partial charge in [-0.15, -0.1) is 0 Å². The van der Waals surface area contributed by atoms with Gasteiger partial charge in [-0.2, -0.15) is 4.98 Å². The molecular weight excluding hydrogens is 354 g/mol. The Morgan fingerprint density at radius 1 is 1.11 bits per heavy atom. The van der Waals surface area contributed by atoms with E-state index in [2.05, 4.69) is 25.6 Å². The summed E-state index contributed by atoms with van der Waals surface area (Å²) in [6, 6.07) is 7.96. The minimum Gasteiger partial charge on any atom is -0.365 e. The normalized spacial score (nSPS) is 19.3. The van der Waals surface area contributed by atoms with Gasteiger partial charge in [0, 0.05) is 41.7 Å². The Balaban J connectivity index is 1.62. The van der Waals surface area contributed by atoms with Crippen LogP contribution >= 0.6 is 0 Å². The molecule has 1 aliphatic carbocycles. The highest BCUT2D eigenvalue weighted by molar-refractivity contribution is 5.98. The Kier molecular flexibility index (Phi) is 5.03. The van der Waals surface area contributed by atoms with E-state index >= 15 is 0 Å². The van der Waals surface area contributed by atoms with Crippen LogP contribution in [0.1, 0.15) is 36.0 Å². The second-order valence-corrected chi connectivity index (χ2v) is 7.08. The molecule has 0 saturated heterocycles. The fourth-order valence-electron chi connectivity index (χ4n) is 3.53. The standard InChI is InChI=1S/C20H23N7O/c21-16-3-1-2-4-17(16)26-20-24-11-15(18(22)28)19(27-20)25-14-6-5-12-7-8-23-10-13(12)9-14/h5-11,16-17H,1-4,21H2,(H2,22,28)(H2,24,25,26,27)/t16-,17+/m0/s1. The predicted molar refractivity (Wildman–Crippen MR) is 109 cm³/mol. The second kappa shape index (κ2) is 7.77. The van der Waals surface area contributed by atoms with Crippen LogP contribution in [-0.2, 0) is 0 Å². The second-order valence-electron chi connectivity index (χ2n) is 7.08. The average Bonchev–Trinajstić information content (AvgIpc) is 2.70. The average molecular weight is 377 g/mol. The van der Waals surface area contributed by atoms with Crippen molar-refractivity contribution in [3.05, 3.63) is 48.4 Å². The Bertz CT molecular complexity index is 1010. The Morgan fingerprint density at radius 3 is 2.79 bits per heavy atom. The molecule has 28 heavy (non-hydrogen) atoms. The first-order valence-electron chi connectivity index (χ1n) is 9.40. The highest BCUT2D eigenvalue weighted by Crippen LogP contribution is 2.25. The monoisotopic (exact) mass is 377 g/mol. The number of aromatic nitrogens is 3. The molecule has 1 aromatic carbocycles. The maximum absolute atomic E-state index is 11.8. The van der Waals surface area contributed by atoms with Crippen molar-refractivity contribution in [2.45, 2.75) is 37.8 Å². The van der Waals surface area contributed by atoms with Gasteiger partial charge in [0.2, 0.25) is 5.95 Å². The van der Waals surface area contributed by atoms with Crippen LogP contribution in [0.3, 0.4) is 0 Å². The van der Waals surface area contributed by atoms with Crippen molar-refractivity contribution in [1.29, 1.82) is 0 Å². The number of pyridine rings is 1. The van der Waals surface area contributed by atoms with E-state index in [-0.39, 0.29) is 17.6 Å². The molecular formula is C20H23N7O. The molecule has 3 aromatic rings. The lowest BCUT2D eigenvalue weighted by atomic mass is 9.91. The Labute approximate surface area is 162 Å². The van der Waals surface area contributed by atoms with Gasteiger partial charge in [0.05, 0.1) is 0 Å². The number of amides is 1. The smallest absolute Gasteiger partial charge is 0.254 e. The molecule has 0 aliphatic heterocycles. The third-order valence-electron chi connectivity index (χ3n) is 5.09. The zero-order valence-electron chi connectivity index (χ0n) is 15.4. The summed E-state index contributed by atoms with van der Waals surface area (Å²) in [5.41, 5.74) is 12.7. The zero-order valence-corrected chi connectivity index (χ0v) is 15.4. The van der Waals surface area contributed by atoms with Crippen LogP contribution in [0.5, 0.6) is 0 Å². The molecule has 1 fully saturated rings. The number of fused-ring (bicyclic) bond motifs is 1. The highest BCUT2D eigenvalue weighted by Gasteiger charge is 2.23. The third-order valence-corrected chi connectivity index (χ3v) is 5.09. The summed E-state index contributed by atoms with van der Waals surface area (Å²) in [5.74, 6) is 0.195. The number of hydrogen-bond acceptors (Lipinski definition) is 7. The van der Waals surface area contributed by atoms with Crippen LogP contribution < -0.4 is 22.1 Å². The number of nitrogens with zero attached hydrogens (tertiary/aromatic N) is 3. The van der Waals surface area contributed by atoms with Gasteiger partial charge in [-0.05, 0) is 36.4 Å². The van der Waals surface area contributed by atoms with Crippen LogP contribution in [0, 0.1) is 0 Å². The van der Waals surface area contributed by atoms with Crippen molar-refractivity contribution in [3.8, 4) is 0 Å². The number of primary amides is 1. The molecule has 6 N–H and O–H groups in total. The number of nitrogens with one attached hydrogen (secondary N) is 2. The molecule has 1 saturated carbocycles. The molecule has 0 bridgehead atoms. The number of hydrogen-bond donors (Lipinski definition) is 4. The summed E-state index contributed by atoms with van der Waals surface area (Å²) < 4.78 is 0. The van der Waals surface area contributed by atoms with Crippen molar-refractivity contribution in [2.24, 2.45) is 11.5 Å². The maximum Gasteiger partial charge on any atom is 0.254 e. The summed E-state index contributed by atoms with van der Waals surface area (Å²) in [5, 5.41) is 8.54. The molecule has 0 unspecified atom stereocenters. The number of carbonyl (C=O) groups is 1. The summed E-state index contributed by atoms with van der Waals surface area (Å²) in [4.78, 5) is 24.7. The molecule has 8 heteroatoms. The first kappa shape index (κ1) is 18.1. The van der Waals surface area contributed by atoms with Crippen LogP contribution in [0.15, 0.2) is 42.9 Å². The van der Waals surface area contributed by atoms with Crippen LogP contribution in [-0.4, -0.2) is 32.9 Å². The fourth-order valence-corrected chi connectivity index (χ4v) is 3.53. The van der Waals surface area contributed by atoms with Crippen molar-refractivity contribution in [2.75, 3.05) is 10.6 Å². The summed E-state index contributed by atoms with van der Waals surface area (Å²) >= 11 is 0. The summed E-state index contributed by atoms with van der Waals surface area (Å²) in [6.45, 7) is 0. The molecule has 4 rings (SSSR count). The molecule has 1 amide bonds. The summed E-state index contributed by atoms with van der Waals surface area (Å²) in [6.07, 6.45) is 9.20. The van der Waals surface area contributed by atoms with E-state index in [0.717, 1.165) is 42.1 Å². The number of nitrogens with two attached hydrogens (primary N) is 2. The van der Waals surface area contributed by atoms with Crippen LogP contribution in [0.25, 0.3) is 10.8 Å². The molecule has 144 valence electrons. The molecule has 0 radical (unpaired) electrons. The Morgan fingerprint density at radius 2 is 1.96 bits per heavy atom. The van der Waals surface area contributed by atoms with Crippen molar-refractivity contribution in [3.63, 3.8) is 0 Å². The minimum atomic E-state index is -0.592. The molecule has 2 aromatic heterocycles. The number of anilines is 3. The summed E-state index contributed by atoms with van der Waals surface area (Å²) in [7, 11) is 0. The lowest BCUT2D eigenvalue weighted by Crippen LogP contribution is -2.43. The van der Waals surface area contributed by atoms with Gasteiger partial charge in [-0.25, -0.2) is 4.98 Å². The number of benzene rings is 1. The molecule has 2 atom stereocenters. The highest BCUT2D eigenvalue weighted by atomic mass is 16.1. The van der Waals surface area contributed by atoms with Gasteiger partial charge in [-0.1, -0.05) is 18.9 Å². The fraction of sp³-hybridized carbons (Fsp3) is 0.300. The lowest BCUT2D eigenvalue weighted by molar-refractivity contribution is 0.100. The van der Waals surface area contributed by atoms with Crippen molar-refractivity contribution in [1.82, 2.24) is 15.0 Å².